The molecule has 0 aromatic rings. The molecule has 0 aromatic heterocycles. The van der Waals surface area contributed by atoms with E-state index in [2.05, 4.69) is 12.2 Å². The standard InChI is InChI=1S/C16H30N2O2/c1-3-14-4-8-16(20,9-5-14)12-17-15-6-10-18(11-7-15)13(2)19/h14-15,17,20H,3-12H2,1-2H3. The third-order valence-corrected chi connectivity index (χ3v) is 5.27. The van der Waals surface area contributed by atoms with Crippen molar-refractivity contribution in [1.29, 1.82) is 0 Å². The molecule has 2 fully saturated rings. The fourth-order valence-corrected chi connectivity index (χ4v) is 3.53. The molecule has 4 nitrogen and oxygen atoms in total. The molecule has 1 amide bonds. The van der Waals surface area contributed by atoms with Crippen LogP contribution in [0.1, 0.15) is 58.8 Å². The van der Waals surface area contributed by atoms with Gasteiger partial charge >= 0.3 is 0 Å². The zero-order valence-electron chi connectivity index (χ0n) is 13.0. The van der Waals surface area contributed by atoms with Crippen molar-refractivity contribution in [1.82, 2.24) is 10.2 Å². The maximum absolute atomic E-state index is 11.3. The quantitative estimate of drug-likeness (QED) is 0.828. The van der Waals surface area contributed by atoms with Gasteiger partial charge in [0.05, 0.1) is 5.60 Å². The number of nitrogens with zero attached hydrogens (tertiary/aromatic N) is 1. The lowest BCUT2D eigenvalue weighted by Gasteiger charge is -2.38. The van der Waals surface area contributed by atoms with Gasteiger partial charge in [-0.1, -0.05) is 13.3 Å². The zero-order chi connectivity index (χ0) is 14.6. The summed E-state index contributed by atoms with van der Waals surface area (Å²) in [6.45, 7) is 6.31. The summed E-state index contributed by atoms with van der Waals surface area (Å²) in [6.07, 6.45) is 7.46. The van der Waals surface area contributed by atoms with Gasteiger partial charge in [0.2, 0.25) is 5.91 Å². The van der Waals surface area contributed by atoms with E-state index in [-0.39, 0.29) is 5.91 Å². The van der Waals surface area contributed by atoms with Crippen LogP contribution in [-0.4, -0.2) is 47.2 Å². The summed E-state index contributed by atoms with van der Waals surface area (Å²) in [4.78, 5) is 13.2. The molecule has 0 unspecified atom stereocenters. The van der Waals surface area contributed by atoms with E-state index in [4.69, 9.17) is 0 Å². The minimum absolute atomic E-state index is 0.181. The molecule has 0 bridgehead atoms. The van der Waals surface area contributed by atoms with Crippen LogP contribution in [-0.2, 0) is 4.79 Å². The molecule has 2 rings (SSSR count). The second kappa shape index (κ2) is 6.90. The van der Waals surface area contributed by atoms with Gasteiger partial charge in [-0.25, -0.2) is 0 Å². The summed E-state index contributed by atoms with van der Waals surface area (Å²) < 4.78 is 0. The normalized spacial score (nSPS) is 32.4. The molecule has 1 saturated heterocycles. The Labute approximate surface area is 122 Å². The Hall–Kier alpha value is -0.610. The first-order valence-electron chi connectivity index (χ1n) is 8.24. The second-order valence-corrected chi connectivity index (χ2v) is 6.74. The first-order chi connectivity index (χ1) is 9.52. The number of nitrogens with one attached hydrogen (secondary N) is 1. The van der Waals surface area contributed by atoms with E-state index < -0.39 is 5.60 Å². The molecule has 1 saturated carbocycles. The van der Waals surface area contributed by atoms with E-state index in [1.807, 2.05) is 4.90 Å². The summed E-state index contributed by atoms with van der Waals surface area (Å²) in [5.74, 6) is 0.994. The molecular weight excluding hydrogens is 252 g/mol. The first-order valence-corrected chi connectivity index (χ1v) is 8.24. The molecule has 1 aliphatic carbocycles. The van der Waals surface area contributed by atoms with Crippen LogP contribution in [0.25, 0.3) is 0 Å². The van der Waals surface area contributed by atoms with Crippen molar-refractivity contribution in [2.24, 2.45) is 5.92 Å². The molecule has 1 heterocycles. The topological polar surface area (TPSA) is 52.6 Å². The lowest BCUT2D eigenvalue weighted by molar-refractivity contribution is -0.130. The number of piperidine rings is 1. The average molecular weight is 282 g/mol. The Balaban J connectivity index is 1.69. The third-order valence-electron chi connectivity index (χ3n) is 5.27. The number of hydrogen-bond donors (Lipinski definition) is 2. The summed E-state index contributed by atoms with van der Waals surface area (Å²) >= 11 is 0. The van der Waals surface area contributed by atoms with E-state index in [1.165, 1.54) is 6.42 Å². The molecule has 1 aliphatic heterocycles. The Kier molecular flexibility index (Phi) is 5.44. The Morgan fingerprint density at radius 3 is 2.35 bits per heavy atom. The van der Waals surface area contributed by atoms with E-state index in [9.17, 15) is 9.90 Å². The Bertz CT molecular complexity index is 316. The third kappa shape index (κ3) is 4.19. The van der Waals surface area contributed by atoms with Crippen LogP contribution in [0.15, 0.2) is 0 Å². The van der Waals surface area contributed by atoms with Gasteiger partial charge in [0.25, 0.3) is 0 Å². The van der Waals surface area contributed by atoms with Gasteiger partial charge in [0, 0.05) is 32.6 Å². The fraction of sp³-hybridized carbons (Fsp3) is 0.938. The van der Waals surface area contributed by atoms with Crippen LogP contribution < -0.4 is 5.32 Å². The summed E-state index contributed by atoms with van der Waals surface area (Å²) in [5.41, 5.74) is -0.497. The number of aliphatic hydroxyl groups is 1. The lowest BCUT2D eigenvalue weighted by atomic mass is 9.77. The summed E-state index contributed by atoms with van der Waals surface area (Å²) in [5, 5.41) is 14.2. The predicted octanol–water partition coefficient (Wildman–Crippen LogP) is 1.92. The van der Waals surface area contributed by atoms with E-state index >= 15 is 0 Å². The highest BCUT2D eigenvalue weighted by molar-refractivity contribution is 5.73. The van der Waals surface area contributed by atoms with Crippen LogP contribution in [0.3, 0.4) is 0 Å². The van der Waals surface area contributed by atoms with Gasteiger partial charge < -0.3 is 15.3 Å². The minimum Gasteiger partial charge on any atom is -0.389 e. The van der Waals surface area contributed by atoms with Crippen molar-refractivity contribution in [3.63, 3.8) is 0 Å². The van der Waals surface area contributed by atoms with E-state index in [0.29, 0.717) is 12.6 Å². The van der Waals surface area contributed by atoms with Crippen molar-refractivity contribution in [3.8, 4) is 0 Å². The molecular formula is C16H30N2O2. The molecule has 0 atom stereocenters. The molecule has 20 heavy (non-hydrogen) atoms. The first kappa shape index (κ1) is 15.8. The molecule has 2 aliphatic rings. The Morgan fingerprint density at radius 1 is 1.25 bits per heavy atom. The second-order valence-electron chi connectivity index (χ2n) is 6.74. The van der Waals surface area contributed by atoms with E-state index in [1.54, 1.807) is 6.92 Å². The van der Waals surface area contributed by atoms with Crippen molar-refractivity contribution >= 4 is 5.91 Å². The SMILES string of the molecule is CCC1CCC(O)(CNC2CCN(C(C)=O)CC2)CC1. The lowest BCUT2D eigenvalue weighted by Crippen LogP contribution is -2.50. The van der Waals surface area contributed by atoms with Crippen molar-refractivity contribution in [3.05, 3.63) is 0 Å². The van der Waals surface area contributed by atoms with E-state index in [0.717, 1.165) is 57.5 Å². The molecule has 0 radical (unpaired) electrons. The van der Waals surface area contributed by atoms with Gasteiger partial charge in [-0.3, -0.25) is 4.79 Å². The number of carbonyl (C=O) groups is 1. The summed E-state index contributed by atoms with van der Waals surface area (Å²) in [7, 11) is 0. The highest BCUT2D eigenvalue weighted by atomic mass is 16.3. The minimum atomic E-state index is -0.497. The van der Waals surface area contributed by atoms with Crippen LogP contribution in [0, 0.1) is 5.92 Å². The van der Waals surface area contributed by atoms with Crippen molar-refractivity contribution in [2.45, 2.75) is 70.4 Å². The molecule has 0 spiro atoms. The predicted molar refractivity (Wildman–Crippen MR) is 80.5 cm³/mol. The zero-order valence-corrected chi connectivity index (χ0v) is 13.0. The number of amides is 1. The molecule has 2 N–H and O–H groups in total. The van der Waals surface area contributed by atoms with Gasteiger partial charge in [-0.2, -0.15) is 0 Å². The molecule has 116 valence electrons. The monoisotopic (exact) mass is 282 g/mol. The highest BCUT2D eigenvalue weighted by Gasteiger charge is 2.33. The smallest absolute Gasteiger partial charge is 0.219 e. The number of hydrogen-bond acceptors (Lipinski definition) is 3. The maximum atomic E-state index is 11.3. The average Bonchev–Trinajstić information content (AvgIpc) is 2.46. The van der Waals surface area contributed by atoms with Crippen LogP contribution in [0.4, 0.5) is 0 Å². The van der Waals surface area contributed by atoms with Crippen molar-refractivity contribution in [2.75, 3.05) is 19.6 Å². The van der Waals surface area contributed by atoms with Gasteiger partial charge in [-0.05, 0) is 44.4 Å². The highest BCUT2D eigenvalue weighted by Crippen LogP contribution is 2.33. The van der Waals surface area contributed by atoms with Crippen LogP contribution in [0.5, 0.6) is 0 Å². The van der Waals surface area contributed by atoms with Crippen molar-refractivity contribution < 1.29 is 9.90 Å². The van der Waals surface area contributed by atoms with Gasteiger partial charge in [0.1, 0.15) is 0 Å². The fourth-order valence-electron chi connectivity index (χ4n) is 3.53. The molecule has 4 heteroatoms. The largest absolute Gasteiger partial charge is 0.389 e. The Morgan fingerprint density at radius 2 is 1.85 bits per heavy atom. The van der Waals surface area contributed by atoms with Crippen LogP contribution >= 0.6 is 0 Å². The summed E-state index contributed by atoms with van der Waals surface area (Å²) in [6, 6.07) is 0.457. The number of likely N-dealkylation sites (tertiary alicyclic amines) is 1. The van der Waals surface area contributed by atoms with Gasteiger partial charge in [0.15, 0.2) is 0 Å². The maximum Gasteiger partial charge on any atom is 0.219 e. The van der Waals surface area contributed by atoms with Crippen LogP contribution in [0.2, 0.25) is 0 Å². The van der Waals surface area contributed by atoms with Gasteiger partial charge in [-0.15, -0.1) is 0 Å². The molecule has 0 aromatic carbocycles. The number of rotatable bonds is 4. The number of carbonyl (C=O) groups excluding carboxylic acids is 1.